The van der Waals surface area contributed by atoms with Crippen molar-refractivity contribution in [3.05, 3.63) is 52.2 Å². The maximum absolute atomic E-state index is 12.8. The SMILES string of the molecule is Cc1nn(C)cc1-c1cc(C(=O)N2CCc3ncc(Cl)cc3C2)no1. The fourth-order valence-corrected chi connectivity index (χ4v) is 3.26. The molecule has 0 saturated carbocycles. The molecule has 0 spiro atoms. The van der Waals surface area contributed by atoms with Gasteiger partial charge in [0.2, 0.25) is 0 Å². The highest BCUT2D eigenvalue weighted by Gasteiger charge is 2.25. The van der Waals surface area contributed by atoms with Crippen molar-refractivity contribution in [1.82, 2.24) is 24.8 Å². The molecule has 8 heteroatoms. The lowest BCUT2D eigenvalue weighted by atomic mass is 10.1. The smallest absolute Gasteiger partial charge is 0.276 e. The summed E-state index contributed by atoms with van der Waals surface area (Å²) in [6.07, 6.45) is 4.18. The molecule has 3 aromatic heterocycles. The molecular formula is C17H16ClN5O2. The van der Waals surface area contributed by atoms with Crippen LogP contribution in [0.15, 0.2) is 29.0 Å². The molecule has 3 aromatic rings. The van der Waals surface area contributed by atoms with Crippen LogP contribution >= 0.6 is 11.6 Å². The van der Waals surface area contributed by atoms with Crippen LogP contribution in [0.1, 0.15) is 27.4 Å². The van der Waals surface area contributed by atoms with Crippen molar-refractivity contribution in [2.45, 2.75) is 19.9 Å². The first kappa shape index (κ1) is 15.8. The number of pyridine rings is 1. The van der Waals surface area contributed by atoms with Crippen molar-refractivity contribution >= 4 is 17.5 Å². The van der Waals surface area contributed by atoms with Crippen LogP contribution in [0.4, 0.5) is 0 Å². The van der Waals surface area contributed by atoms with E-state index < -0.39 is 0 Å². The maximum atomic E-state index is 12.8. The van der Waals surface area contributed by atoms with Crippen LogP contribution in [0.5, 0.6) is 0 Å². The van der Waals surface area contributed by atoms with E-state index in [4.69, 9.17) is 16.1 Å². The van der Waals surface area contributed by atoms with Crippen LogP contribution < -0.4 is 0 Å². The molecule has 0 aliphatic carbocycles. The molecule has 0 atom stereocenters. The highest BCUT2D eigenvalue weighted by molar-refractivity contribution is 6.30. The van der Waals surface area contributed by atoms with Gasteiger partial charge >= 0.3 is 0 Å². The zero-order chi connectivity index (χ0) is 17.6. The van der Waals surface area contributed by atoms with Crippen LogP contribution in [0, 0.1) is 6.92 Å². The highest BCUT2D eigenvalue weighted by Crippen LogP contribution is 2.25. The maximum Gasteiger partial charge on any atom is 0.276 e. The van der Waals surface area contributed by atoms with Gasteiger partial charge in [0, 0.05) is 50.7 Å². The highest BCUT2D eigenvalue weighted by atomic mass is 35.5. The van der Waals surface area contributed by atoms with Crippen molar-refractivity contribution in [2.24, 2.45) is 7.05 Å². The standard InChI is InChI=1S/C17H16ClN5O2/c1-10-13(9-22(2)20-10)16-6-15(21-25-16)17(24)23-4-3-14-11(8-23)5-12(18)7-19-14/h5-7,9H,3-4,8H2,1-2H3. The third-order valence-electron chi connectivity index (χ3n) is 4.30. The van der Waals surface area contributed by atoms with Crippen LogP contribution in [0.3, 0.4) is 0 Å². The van der Waals surface area contributed by atoms with E-state index in [1.807, 2.05) is 26.2 Å². The molecule has 0 saturated heterocycles. The van der Waals surface area contributed by atoms with Gasteiger partial charge in [0.25, 0.3) is 5.91 Å². The van der Waals surface area contributed by atoms with E-state index in [0.29, 0.717) is 30.3 Å². The number of nitrogens with zero attached hydrogens (tertiary/aromatic N) is 5. The number of hydrogen-bond acceptors (Lipinski definition) is 5. The lowest BCUT2D eigenvalue weighted by Crippen LogP contribution is -2.36. The lowest BCUT2D eigenvalue weighted by molar-refractivity contribution is 0.0723. The average Bonchev–Trinajstić information content (AvgIpc) is 3.19. The lowest BCUT2D eigenvalue weighted by Gasteiger charge is -2.27. The van der Waals surface area contributed by atoms with Gasteiger partial charge in [0.05, 0.1) is 16.3 Å². The number of carbonyl (C=O) groups excluding carboxylic acids is 1. The Bertz CT molecular complexity index is 962. The molecule has 0 aromatic carbocycles. The molecule has 0 N–H and O–H groups in total. The van der Waals surface area contributed by atoms with Crippen molar-refractivity contribution in [3.8, 4) is 11.3 Å². The second kappa shape index (κ2) is 6.00. The number of aromatic nitrogens is 4. The molecule has 1 aliphatic rings. The third-order valence-corrected chi connectivity index (χ3v) is 4.51. The monoisotopic (exact) mass is 357 g/mol. The molecule has 1 aliphatic heterocycles. The summed E-state index contributed by atoms with van der Waals surface area (Å²) in [4.78, 5) is 18.8. The Balaban J connectivity index is 1.57. The molecule has 7 nitrogen and oxygen atoms in total. The van der Waals surface area contributed by atoms with Gasteiger partial charge in [-0.1, -0.05) is 16.8 Å². The number of fused-ring (bicyclic) bond motifs is 1. The number of amides is 1. The molecule has 25 heavy (non-hydrogen) atoms. The van der Waals surface area contributed by atoms with Gasteiger partial charge in [-0.15, -0.1) is 0 Å². The molecule has 4 rings (SSSR count). The Hall–Kier alpha value is -2.67. The van der Waals surface area contributed by atoms with Crippen LogP contribution in [-0.4, -0.2) is 37.3 Å². The van der Waals surface area contributed by atoms with Crippen molar-refractivity contribution < 1.29 is 9.32 Å². The Morgan fingerprint density at radius 3 is 2.96 bits per heavy atom. The van der Waals surface area contributed by atoms with Gasteiger partial charge in [-0.3, -0.25) is 14.5 Å². The van der Waals surface area contributed by atoms with E-state index >= 15 is 0 Å². The summed E-state index contributed by atoms with van der Waals surface area (Å²) in [5.74, 6) is 0.373. The largest absolute Gasteiger partial charge is 0.355 e. The third kappa shape index (κ3) is 2.91. The summed E-state index contributed by atoms with van der Waals surface area (Å²) in [6, 6.07) is 3.52. The first-order valence-corrected chi connectivity index (χ1v) is 8.29. The first-order valence-electron chi connectivity index (χ1n) is 7.91. The predicted molar refractivity (Wildman–Crippen MR) is 91.1 cm³/mol. The molecule has 1 amide bonds. The summed E-state index contributed by atoms with van der Waals surface area (Å²) in [7, 11) is 1.84. The molecule has 128 valence electrons. The van der Waals surface area contributed by atoms with Gasteiger partial charge in [-0.2, -0.15) is 5.10 Å². The molecule has 0 unspecified atom stereocenters. The second-order valence-electron chi connectivity index (χ2n) is 6.11. The Morgan fingerprint density at radius 2 is 2.20 bits per heavy atom. The Kier molecular flexibility index (Phi) is 3.80. The van der Waals surface area contributed by atoms with Crippen molar-refractivity contribution in [2.75, 3.05) is 6.54 Å². The minimum atomic E-state index is -0.165. The van der Waals surface area contributed by atoms with Gasteiger partial charge < -0.3 is 9.42 Å². The fraction of sp³-hybridized carbons (Fsp3) is 0.294. The van der Waals surface area contributed by atoms with E-state index in [2.05, 4.69) is 15.2 Å². The van der Waals surface area contributed by atoms with Crippen molar-refractivity contribution in [3.63, 3.8) is 0 Å². The normalized spacial score (nSPS) is 13.8. The van der Waals surface area contributed by atoms with E-state index in [0.717, 1.165) is 22.5 Å². The fourth-order valence-electron chi connectivity index (χ4n) is 3.08. The number of carbonyl (C=O) groups is 1. The van der Waals surface area contributed by atoms with Crippen molar-refractivity contribution in [1.29, 1.82) is 0 Å². The number of rotatable bonds is 2. The minimum absolute atomic E-state index is 0.165. The zero-order valence-corrected chi connectivity index (χ0v) is 14.6. The average molecular weight is 358 g/mol. The van der Waals surface area contributed by atoms with Crippen LogP contribution in [-0.2, 0) is 20.0 Å². The predicted octanol–water partition coefficient (Wildman–Crippen LogP) is 2.63. The first-order chi connectivity index (χ1) is 12.0. The van der Waals surface area contributed by atoms with E-state index in [1.54, 1.807) is 21.8 Å². The van der Waals surface area contributed by atoms with Gasteiger partial charge in [0.1, 0.15) is 0 Å². The summed E-state index contributed by atoms with van der Waals surface area (Å²) in [5.41, 5.74) is 3.90. The van der Waals surface area contributed by atoms with Crippen LogP contribution in [0.25, 0.3) is 11.3 Å². The Labute approximate surface area is 149 Å². The molecule has 0 fully saturated rings. The van der Waals surface area contributed by atoms with E-state index in [1.165, 1.54) is 0 Å². The van der Waals surface area contributed by atoms with Crippen LogP contribution in [0.2, 0.25) is 5.02 Å². The Morgan fingerprint density at radius 1 is 1.36 bits per heavy atom. The number of halogens is 1. The topological polar surface area (TPSA) is 77.1 Å². The van der Waals surface area contributed by atoms with E-state index in [-0.39, 0.29) is 11.6 Å². The summed E-state index contributed by atoms with van der Waals surface area (Å²) in [6.45, 7) is 2.95. The summed E-state index contributed by atoms with van der Waals surface area (Å²) >= 11 is 6.01. The zero-order valence-electron chi connectivity index (χ0n) is 13.9. The summed E-state index contributed by atoms with van der Waals surface area (Å²) in [5, 5.41) is 8.80. The molecule has 4 heterocycles. The summed E-state index contributed by atoms with van der Waals surface area (Å²) < 4.78 is 7.06. The van der Waals surface area contributed by atoms with Gasteiger partial charge in [0.15, 0.2) is 11.5 Å². The number of hydrogen-bond donors (Lipinski definition) is 0. The second-order valence-corrected chi connectivity index (χ2v) is 6.55. The van der Waals surface area contributed by atoms with E-state index in [9.17, 15) is 4.79 Å². The van der Waals surface area contributed by atoms with Gasteiger partial charge in [-0.05, 0) is 18.6 Å². The molecular weight excluding hydrogens is 342 g/mol. The van der Waals surface area contributed by atoms with Gasteiger partial charge in [-0.25, -0.2) is 0 Å². The molecule has 0 radical (unpaired) electrons. The number of aryl methyl sites for hydroxylation is 2. The quantitative estimate of drug-likeness (QED) is 0.704. The molecule has 0 bridgehead atoms. The minimum Gasteiger partial charge on any atom is -0.355 e.